The molecule has 2 aromatic rings. The molecule has 0 unspecified atom stereocenters. The number of hydrogen-bond acceptors (Lipinski definition) is 4. The quantitative estimate of drug-likeness (QED) is 0.875. The average Bonchev–Trinajstić information content (AvgIpc) is 2.38. The predicted octanol–water partition coefficient (Wildman–Crippen LogP) is 2.75. The fourth-order valence-corrected chi connectivity index (χ4v) is 2.12. The summed E-state index contributed by atoms with van der Waals surface area (Å²) in [5.74, 6) is 0.597. The second kappa shape index (κ2) is 5.61. The number of halogens is 1. The molecule has 0 atom stereocenters. The lowest BCUT2D eigenvalue weighted by Gasteiger charge is -2.18. The molecule has 0 spiro atoms. The number of anilines is 1. The van der Waals surface area contributed by atoms with Gasteiger partial charge in [-0.05, 0) is 23.8 Å². The summed E-state index contributed by atoms with van der Waals surface area (Å²) >= 11 is 3.44. The first-order valence-electron chi connectivity index (χ1n) is 5.38. The molecule has 0 saturated carbocycles. The number of nitriles is 1. The van der Waals surface area contributed by atoms with E-state index >= 15 is 0 Å². The molecule has 0 aliphatic heterocycles. The Morgan fingerprint density at radius 2 is 2.22 bits per heavy atom. The highest BCUT2D eigenvalue weighted by Gasteiger charge is 2.09. The number of rotatable bonds is 3. The van der Waals surface area contributed by atoms with Gasteiger partial charge in [-0.2, -0.15) is 10.4 Å². The molecular formula is C13H11BrN4. The summed E-state index contributed by atoms with van der Waals surface area (Å²) in [7, 11) is 1.89. The summed E-state index contributed by atoms with van der Waals surface area (Å²) in [6.07, 6.45) is 1.52. The van der Waals surface area contributed by atoms with Crippen LogP contribution in [-0.2, 0) is 6.54 Å². The van der Waals surface area contributed by atoms with Gasteiger partial charge < -0.3 is 4.90 Å². The fraction of sp³-hybridized carbons (Fsp3) is 0.154. The largest absolute Gasteiger partial charge is 0.353 e. The molecule has 18 heavy (non-hydrogen) atoms. The van der Waals surface area contributed by atoms with Crippen LogP contribution in [0.3, 0.4) is 0 Å². The molecule has 1 aromatic heterocycles. The van der Waals surface area contributed by atoms with Gasteiger partial charge in [-0.25, -0.2) is 0 Å². The Labute approximate surface area is 114 Å². The van der Waals surface area contributed by atoms with Crippen molar-refractivity contribution in [1.82, 2.24) is 10.2 Å². The van der Waals surface area contributed by atoms with E-state index in [2.05, 4.69) is 32.2 Å². The zero-order valence-electron chi connectivity index (χ0n) is 9.84. The molecule has 0 fully saturated rings. The summed E-state index contributed by atoms with van der Waals surface area (Å²) in [6, 6.07) is 11.8. The van der Waals surface area contributed by atoms with Crippen molar-refractivity contribution >= 4 is 21.7 Å². The highest BCUT2D eigenvalue weighted by Crippen LogP contribution is 2.18. The minimum atomic E-state index is 0.530. The van der Waals surface area contributed by atoms with Crippen LogP contribution in [0.25, 0.3) is 0 Å². The molecule has 0 aliphatic carbocycles. The second-order valence-electron chi connectivity index (χ2n) is 3.87. The van der Waals surface area contributed by atoms with Crippen LogP contribution >= 0.6 is 15.9 Å². The van der Waals surface area contributed by atoms with Crippen LogP contribution in [-0.4, -0.2) is 17.2 Å². The van der Waals surface area contributed by atoms with Crippen molar-refractivity contribution in [3.8, 4) is 6.07 Å². The van der Waals surface area contributed by atoms with Crippen LogP contribution in [0.2, 0.25) is 0 Å². The number of nitrogens with zero attached hydrogens (tertiary/aromatic N) is 4. The van der Waals surface area contributed by atoms with Gasteiger partial charge in [-0.1, -0.05) is 28.1 Å². The van der Waals surface area contributed by atoms with Gasteiger partial charge in [0.05, 0.1) is 11.8 Å². The smallest absolute Gasteiger partial charge is 0.169 e. The third-order valence-electron chi connectivity index (χ3n) is 2.49. The maximum atomic E-state index is 9.03. The summed E-state index contributed by atoms with van der Waals surface area (Å²) in [5.41, 5.74) is 1.67. The molecule has 0 radical (unpaired) electrons. The van der Waals surface area contributed by atoms with Crippen molar-refractivity contribution in [2.24, 2.45) is 0 Å². The Balaban J connectivity index is 2.22. The Morgan fingerprint density at radius 1 is 1.39 bits per heavy atom. The molecule has 0 bridgehead atoms. The highest BCUT2D eigenvalue weighted by atomic mass is 79.9. The lowest BCUT2D eigenvalue weighted by Crippen LogP contribution is -2.19. The van der Waals surface area contributed by atoms with Crippen molar-refractivity contribution in [3.63, 3.8) is 0 Å². The Morgan fingerprint density at radius 3 is 2.94 bits per heavy atom. The van der Waals surface area contributed by atoms with E-state index in [1.165, 1.54) is 6.20 Å². The Hall–Kier alpha value is -1.93. The van der Waals surface area contributed by atoms with E-state index in [1.807, 2.05) is 36.2 Å². The van der Waals surface area contributed by atoms with Gasteiger partial charge in [0, 0.05) is 18.1 Å². The van der Waals surface area contributed by atoms with Gasteiger partial charge in [0.25, 0.3) is 0 Å². The van der Waals surface area contributed by atoms with E-state index < -0.39 is 0 Å². The van der Waals surface area contributed by atoms with Crippen LogP contribution in [0.1, 0.15) is 11.1 Å². The molecule has 90 valence electrons. The minimum absolute atomic E-state index is 0.530. The monoisotopic (exact) mass is 302 g/mol. The second-order valence-corrected chi connectivity index (χ2v) is 4.78. The zero-order valence-corrected chi connectivity index (χ0v) is 11.4. The van der Waals surface area contributed by atoms with Gasteiger partial charge in [-0.3, -0.25) is 0 Å². The topological polar surface area (TPSA) is 52.8 Å². The zero-order chi connectivity index (χ0) is 13.0. The molecule has 0 aliphatic rings. The average molecular weight is 303 g/mol. The van der Waals surface area contributed by atoms with Gasteiger partial charge in [0.2, 0.25) is 0 Å². The van der Waals surface area contributed by atoms with Gasteiger partial charge >= 0.3 is 0 Å². The van der Waals surface area contributed by atoms with Crippen molar-refractivity contribution in [3.05, 3.63) is 52.1 Å². The number of benzene rings is 1. The molecule has 1 heterocycles. The SMILES string of the molecule is CN(Cc1cccc(Br)c1)c1nnccc1C#N. The number of hydrogen-bond donors (Lipinski definition) is 0. The number of aromatic nitrogens is 2. The van der Waals surface area contributed by atoms with Crippen LogP contribution in [0.5, 0.6) is 0 Å². The van der Waals surface area contributed by atoms with E-state index in [0.717, 1.165) is 10.0 Å². The van der Waals surface area contributed by atoms with Crippen molar-refractivity contribution in [2.75, 3.05) is 11.9 Å². The summed E-state index contributed by atoms with van der Waals surface area (Å²) < 4.78 is 1.04. The first-order chi connectivity index (χ1) is 8.70. The van der Waals surface area contributed by atoms with E-state index in [0.29, 0.717) is 17.9 Å². The predicted molar refractivity (Wildman–Crippen MR) is 73.0 cm³/mol. The van der Waals surface area contributed by atoms with Gasteiger partial charge in [0.15, 0.2) is 5.82 Å². The van der Waals surface area contributed by atoms with Crippen LogP contribution in [0.4, 0.5) is 5.82 Å². The first kappa shape index (κ1) is 12.5. The molecule has 1 aromatic carbocycles. The maximum absolute atomic E-state index is 9.03. The summed E-state index contributed by atoms with van der Waals surface area (Å²) in [4.78, 5) is 1.91. The Bertz CT molecular complexity index is 592. The Kier molecular flexibility index (Phi) is 3.90. The van der Waals surface area contributed by atoms with Gasteiger partial charge in [0.1, 0.15) is 6.07 Å². The lowest BCUT2D eigenvalue weighted by atomic mass is 10.2. The molecule has 0 saturated heterocycles. The van der Waals surface area contributed by atoms with Crippen LogP contribution in [0.15, 0.2) is 41.0 Å². The van der Waals surface area contributed by atoms with Crippen LogP contribution in [0, 0.1) is 11.3 Å². The summed E-state index contributed by atoms with van der Waals surface area (Å²) in [5, 5.41) is 16.9. The molecule has 4 nitrogen and oxygen atoms in total. The molecule has 5 heteroatoms. The van der Waals surface area contributed by atoms with Crippen LogP contribution < -0.4 is 4.90 Å². The molecule has 0 amide bonds. The molecular weight excluding hydrogens is 292 g/mol. The standard InChI is InChI=1S/C13H11BrN4/c1-18(9-10-3-2-4-12(14)7-10)13-11(8-15)5-6-16-17-13/h2-7H,9H2,1H3. The summed E-state index contributed by atoms with van der Waals surface area (Å²) in [6.45, 7) is 0.673. The van der Waals surface area contributed by atoms with Crippen molar-refractivity contribution < 1.29 is 0 Å². The van der Waals surface area contributed by atoms with Gasteiger partial charge in [-0.15, -0.1) is 5.10 Å². The van der Waals surface area contributed by atoms with Crippen molar-refractivity contribution in [1.29, 1.82) is 5.26 Å². The third-order valence-corrected chi connectivity index (χ3v) is 2.99. The van der Waals surface area contributed by atoms with E-state index in [4.69, 9.17) is 5.26 Å². The van der Waals surface area contributed by atoms with E-state index in [-0.39, 0.29) is 0 Å². The van der Waals surface area contributed by atoms with E-state index in [1.54, 1.807) is 6.07 Å². The highest BCUT2D eigenvalue weighted by molar-refractivity contribution is 9.10. The molecule has 2 rings (SSSR count). The fourth-order valence-electron chi connectivity index (χ4n) is 1.68. The van der Waals surface area contributed by atoms with E-state index in [9.17, 15) is 0 Å². The van der Waals surface area contributed by atoms with Crippen molar-refractivity contribution in [2.45, 2.75) is 6.54 Å². The third kappa shape index (κ3) is 2.84. The minimum Gasteiger partial charge on any atom is -0.353 e. The normalized spacial score (nSPS) is 9.83. The first-order valence-corrected chi connectivity index (χ1v) is 6.17. The lowest BCUT2D eigenvalue weighted by molar-refractivity contribution is 0.862. The maximum Gasteiger partial charge on any atom is 0.169 e. The molecule has 0 N–H and O–H groups in total.